The maximum atomic E-state index is 11.8. The zero-order valence-corrected chi connectivity index (χ0v) is 12.7. The number of rotatable bonds is 7. The maximum absolute atomic E-state index is 11.8. The molecule has 0 spiro atoms. The second kappa shape index (κ2) is 8.77. The highest BCUT2D eigenvalue weighted by atomic mass is 16.5. The second-order valence-corrected chi connectivity index (χ2v) is 4.53. The summed E-state index contributed by atoms with van der Waals surface area (Å²) >= 11 is 0. The Balaban J connectivity index is 2.82. The zero-order valence-electron chi connectivity index (χ0n) is 12.7. The minimum absolute atomic E-state index is 0.0383. The molecule has 0 atom stereocenters. The zero-order chi connectivity index (χ0) is 15.7. The van der Waals surface area contributed by atoms with Crippen LogP contribution >= 0.6 is 0 Å². The summed E-state index contributed by atoms with van der Waals surface area (Å²) in [5, 5.41) is 14.8. The van der Waals surface area contributed by atoms with Crippen molar-refractivity contribution in [1.29, 1.82) is 5.26 Å². The van der Waals surface area contributed by atoms with E-state index in [-0.39, 0.29) is 5.57 Å². The van der Waals surface area contributed by atoms with E-state index in [0.717, 1.165) is 23.2 Å². The number of hydrogen-bond acceptors (Lipinski definition) is 4. The molecule has 5 heteroatoms. The van der Waals surface area contributed by atoms with Crippen LogP contribution in [-0.4, -0.2) is 26.2 Å². The molecule has 0 unspecified atom stereocenters. The van der Waals surface area contributed by atoms with Gasteiger partial charge >= 0.3 is 0 Å². The molecule has 1 amide bonds. The Morgan fingerprint density at radius 3 is 2.86 bits per heavy atom. The Bertz CT molecular complexity index is 559. The van der Waals surface area contributed by atoms with Crippen LogP contribution in [0.2, 0.25) is 0 Å². The first-order chi connectivity index (χ1) is 10.1. The van der Waals surface area contributed by atoms with Gasteiger partial charge in [0, 0.05) is 25.5 Å². The summed E-state index contributed by atoms with van der Waals surface area (Å²) in [6.07, 6.45) is 2.32. The maximum Gasteiger partial charge on any atom is 0.263 e. The van der Waals surface area contributed by atoms with Crippen LogP contribution in [0.3, 0.4) is 0 Å². The van der Waals surface area contributed by atoms with Crippen molar-refractivity contribution in [3.8, 4) is 6.07 Å². The molecule has 0 saturated carbocycles. The van der Waals surface area contributed by atoms with Crippen molar-refractivity contribution in [3.63, 3.8) is 0 Å². The van der Waals surface area contributed by atoms with Crippen molar-refractivity contribution >= 4 is 11.6 Å². The first-order valence-electron chi connectivity index (χ1n) is 6.86. The number of carbonyl (C=O) groups is 1. The molecule has 21 heavy (non-hydrogen) atoms. The number of amides is 1. The lowest BCUT2D eigenvalue weighted by molar-refractivity contribution is -0.117. The lowest BCUT2D eigenvalue weighted by atomic mass is 10.1. The van der Waals surface area contributed by atoms with Crippen LogP contribution in [0.5, 0.6) is 0 Å². The number of methoxy groups -OCH3 is 1. The fourth-order valence-electron chi connectivity index (χ4n) is 1.88. The standard InChI is InChI=1S/C16H21N3O2/c1-4-13-7-5-6-12(2)15(13)19-11-14(10-17)16(20)18-8-9-21-3/h5-7,11,19H,4,8-9H2,1-3H3,(H,18,20)/b14-11-. The average Bonchev–Trinajstić information content (AvgIpc) is 2.49. The largest absolute Gasteiger partial charge is 0.383 e. The van der Waals surface area contributed by atoms with Crippen LogP contribution in [0.1, 0.15) is 18.1 Å². The van der Waals surface area contributed by atoms with E-state index in [0.29, 0.717) is 13.2 Å². The van der Waals surface area contributed by atoms with E-state index in [9.17, 15) is 4.79 Å². The second-order valence-electron chi connectivity index (χ2n) is 4.53. The molecule has 112 valence electrons. The van der Waals surface area contributed by atoms with Crippen LogP contribution in [0, 0.1) is 18.3 Å². The summed E-state index contributed by atoms with van der Waals surface area (Å²) in [5.41, 5.74) is 3.19. The Hall–Kier alpha value is -2.32. The van der Waals surface area contributed by atoms with Crippen LogP contribution in [-0.2, 0) is 16.0 Å². The fourth-order valence-corrected chi connectivity index (χ4v) is 1.88. The number of hydrogen-bond donors (Lipinski definition) is 2. The van der Waals surface area contributed by atoms with E-state index >= 15 is 0 Å². The van der Waals surface area contributed by atoms with Crippen molar-refractivity contribution < 1.29 is 9.53 Å². The number of benzene rings is 1. The molecule has 0 aliphatic carbocycles. The highest BCUT2D eigenvalue weighted by Gasteiger charge is 2.09. The molecule has 0 bridgehead atoms. The van der Waals surface area contributed by atoms with Gasteiger partial charge in [-0.25, -0.2) is 0 Å². The van der Waals surface area contributed by atoms with E-state index in [1.54, 1.807) is 7.11 Å². The number of nitriles is 1. The predicted molar refractivity (Wildman–Crippen MR) is 82.8 cm³/mol. The third kappa shape index (κ3) is 4.93. The third-order valence-electron chi connectivity index (χ3n) is 3.06. The number of nitrogens with one attached hydrogen (secondary N) is 2. The lowest BCUT2D eigenvalue weighted by Crippen LogP contribution is -2.28. The number of ether oxygens (including phenoxy) is 1. The molecular formula is C16H21N3O2. The number of carbonyl (C=O) groups excluding carboxylic acids is 1. The molecule has 0 aliphatic rings. The van der Waals surface area contributed by atoms with Gasteiger partial charge in [0.25, 0.3) is 5.91 Å². The first-order valence-corrected chi connectivity index (χ1v) is 6.86. The van der Waals surface area contributed by atoms with Gasteiger partial charge in [-0.05, 0) is 24.5 Å². The van der Waals surface area contributed by atoms with E-state index in [1.165, 1.54) is 6.20 Å². The van der Waals surface area contributed by atoms with Crippen molar-refractivity contribution in [2.24, 2.45) is 0 Å². The highest BCUT2D eigenvalue weighted by Crippen LogP contribution is 2.21. The van der Waals surface area contributed by atoms with Gasteiger partial charge in [0.1, 0.15) is 11.6 Å². The third-order valence-corrected chi connectivity index (χ3v) is 3.06. The van der Waals surface area contributed by atoms with E-state index < -0.39 is 5.91 Å². The van der Waals surface area contributed by atoms with Crippen molar-refractivity contribution in [2.45, 2.75) is 20.3 Å². The van der Waals surface area contributed by atoms with Gasteiger partial charge in [0.05, 0.1) is 6.61 Å². The van der Waals surface area contributed by atoms with Crippen LogP contribution in [0.4, 0.5) is 5.69 Å². The Labute approximate surface area is 125 Å². The predicted octanol–water partition coefficient (Wildman–Crippen LogP) is 2.14. The van der Waals surface area contributed by atoms with Gasteiger partial charge in [-0.1, -0.05) is 25.1 Å². The smallest absolute Gasteiger partial charge is 0.263 e. The normalized spacial score (nSPS) is 10.9. The minimum Gasteiger partial charge on any atom is -0.383 e. The molecule has 0 aliphatic heterocycles. The summed E-state index contributed by atoms with van der Waals surface area (Å²) in [4.78, 5) is 11.8. The van der Waals surface area contributed by atoms with Crippen LogP contribution in [0.15, 0.2) is 30.0 Å². The number of aryl methyl sites for hydroxylation is 2. The van der Waals surface area contributed by atoms with Gasteiger partial charge in [-0.2, -0.15) is 5.26 Å². The molecule has 0 aromatic heterocycles. The molecule has 0 radical (unpaired) electrons. The lowest BCUT2D eigenvalue weighted by Gasteiger charge is -2.11. The molecule has 1 aromatic rings. The van der Waals surface area contributed by atoms with Gasteiger partial charge in [-0.3, -0.25) is 4.79 Å². The Kier molecular flexibility index (Phi) is 6.99. The summed E-state index contributed by atoms with van der Waals surface area (Å²) in [6, 6.07) is 7.90. The van der Waals surface area contributed by atoms with Crippen LogP contribution < -0.4 is 10.6 Å². The summed E-state index contributed by atoms with van der Waals surface area (Å²) in [7, 11) is 1.55. The topological polar surface area (TPSA) is 74.2 Å². The van der Waals surface area contributed by atoms with Gasteiger partial charge < -0.3 is 15.4 Å². The molecule has 0 saturated heterocycles. The highest BCUT2D eigenvalue weighted by molar-refractivity contribution is 5.97. The number of para-hydroxylation sites is 1. The molecule has 2 N–H and O–H groups in total. The molecule has 5 nitrogen and oxygen atoms in total. The monoisotopic (exact) mass is 287 g/mol. The van der Waals surface area contributed by atoms with Gasteiger partial charge in [-0.15, -0.1) is 0 Å². The average molecular weight is 287 g/mol. The van der Waals surface area contributed by atoms with Gasteiger partial charge in [0.2, 0.25) is 0 Å². The van der Waals surface area contributed by atoms with Crippen molar-refractivity contribution in [2.75, 3.05) is 25.6 Å². The summed E-state index contributed by atoms with van der Waals surface area (Å²) in [6.45, 7) is 4.83. The molecular weight excluding hydrogens is 266 g/mol. The Morgan fingerprint density at radius 1 is 1.48 bits per heavy atom. The summed E-state index contributed by atoms with van der Waals surface area (Å²) < 4.78 is 4.85. The SMILES string of the molecule is CCc1cccc(C)c1N/C=C(/C#N)C(=O)NCCOC. The number of anilines is 1. The molecule has 1 rings (SSSR count). The molecule has 0 fully saturated rings. The van der Waals surface area contributed by atoms with Crippen LogP contribution in [0.25, 0.3) is 0 Å². The van der Waals surface area contributed by atoms with E-state index in [4.69, 9.17) is 10.00 Å². The summed E-state index contributed by atoms with van der Waals surface area (Å²) in [5.74, 6) is -0.409. The molecule has 0 heterocycles. The van der Waals surface area contributed by atoms with E-state index in [2.05, 4.69) is 17.6 Å². The van der Waals surface area contributed by atoms with E-state index in [1.807, 2.05) is 31.2 Å². The molecule has 1 aromatic carbocycles. The minimum atomic E-state index is -0.409. The quantitative estimate of drug-likeness (QED) is 0.458. The van der Waals surface area contributed by atoms with Gasteiger partial charge in [0.15, 0.2) is 0 Å². The number of nitrogens with zero attached hydrogens (tertiary/aromatic N) is 1. The Morgan fingerprint density at radius 2 is 2.24 bits per heavy atom. The van der Waals surface area contributed by atoms with Crippen molar-refractivity contribution in [3.05, 3.63) is 41.1 Å². The first kappa shape index (κ1) is 16.7. The van der Waals surface area contributed by atoms with Crippen molar-refractivity contribution in [1.82, 2.24) is 5.32 Å². The fraction of sp³-hybridized carbons (Fsp3) is 0.375.